The second-order valence-corrected chi connectivity index (χ2v) is 7.29. The molecule has 1 aliphatic rings. The largest absolute Gasteiger partial charge is 0.368 e. The first-order valence-corrected chi connectivity index (χ1v) is 9.64. The summed E-state index contributed by atoms with van der Waals surface area (Å²) in [5, 5.41) is 10.9. The number of anilines is 2. The van der Waals surface area contributed by atoms with Crippen LogP contribution in [0.4, 0.5) is 11.5 Å². The molecule has 3 heterocycles. The van der Waals surface area contributed by atoms with E-state index in [0.717, 1.165) is 17.2 Å². The number of aromatic nitrogens is 4. The van der Waals surface area contributed by atoms with Crippen molar-refractivity contribution in [2.24, 2.45) is 5.92 Å². The number of hydrogen-bond acceptors (Lipinski definition) is 6. The highest BCUT2D eigenvalue weighted by molar-refractivity contribution is 6.30. The Labute approximate surface area is 172 Å². The number of nitrogens with zero attached hydrogens (tertiary/aromatic N) is 5. The number of hydrogen-bond donors (Lipinski definition) is 2. The van der Waals surface area contributed by atoms with Crippen LogP contribution in [0.3, 0.4) is 0 Å². The topological polar surface area (TPSA) is 105 Å². The Balaban J connectivity index is 1.29. The predicted molar refractivity (Wildman–Crippen MR) is 109 cm³/mol. The number of nitrogens with one attached hydrogen (secondary N) is 2. The summed E-state index contributed by atoms with van der Waals surface area (Å²) >= 11 is 5.90. The molecule has 3 aromatic rings. The third-order valence-electron chi connectivity index (χ3n) is 4.74. The van der Waals surface area contributed by atoms with Gasteiger partial charge in [0.25, 0.3) is 5.78 Å². The average molecular weight is 414 g/mol. The van der Waals surface area contributed by atoms with Gasteiger partial charge in [-0.05, 0) is 31.2 Å². The highest BCUT2D eigenvalue weighted by atomic mass is 35.5. The lowest BCUT2D eigenvalue weighted by molar-refractivity contribution is -0.126. The zero-order valence-electron chi connectivity index (χ0n) is 15.8. The summed E-state index contributed by atoms with van der Waals surface area (Å²) in [5.41, 5.74) is 1.57. The van der Waals surface area contributed by atoms with Gasteiger partial charge in [0.15, 0.2) is 0 Å². The van der Waals surface area contributed by atoms with Crippen molar-refractivity contribution in [3.63, 3.8) is 0 Å². The number of carbonyl (C=O) groups is 2. The number of aryl methyl sites for hydroxylation is 1. The van der Waals surface area contributed by atoms with E-state index in [4.69, 9.17) is 11.6 Å². The highest BCUT2D eigenvalue weighted by Gasteiger charge is 2.34. The van der Waals surface area contributed by atoms with E-state index in [1.807, 2.05) is 13.0 Å². The number of rotatable bonds is 6. The Morgan fingerprint density at radius 1 is 1.28 bits per heavy atom. The van der Waals surface area contributed by atoms with Crippen molar-refractivity contribution >= 4 is 40.7 Å². The zero-order valence-corrected chi connectivity index (χ0v) is 16.6. The maximum atomic E-state index is 12.5. The second kappa shape index (κ2) is 8.04. The lowest BCUT2D eigenvalue weighted by atomic mass is 10.1. The molecule has 0 spiro atoms. The molecule has 0 aliphatic carbocycles. The molecule has 0 saturated carbocycles. The van der Waals surface area contributed by atoms with E-state index in [0.29, 0.717) is 30.4 Å². The third-order valence-corrected chi connectivity index (χ3v) is 5.00. The van der Waals surface area contributed by atoms with Crippen LogP contribution in [0.1, 0.15) is 12.1 Å². The van der Waals surface area contributed by atoms with Crippen molar-refractivity contribution in [2.45, 2.75) is 13.3 Å². The summed E-state index contributed by atoms with van der Waals surface area (Å²) in [7, 11) is 0. The van der Waals surface area contributed by atoms with Crippen LogP contribution >= 0.6 is 11.6 Å². The minimum Gasteiger partial charge on any atom is -0.368 e. The predicted octanol–water partition coefficient (Wildman–Crippen LogP) is 1.67. The third kappa shape index (κ3) is 4.14. The smallest absolute Gasteiger partial charge is 0.254 e. The Hall–Kier alpha value is -3.20. The fourth-order valence-electron chi connectivity index (χ4n) is 3.33. The Kier molecular flexibility index (Phi) is 5.30. The van der Waals surface area contributed by atoms with Gasteiger partial charge in [-0.2, -0.15) is 14.6 Å². The fraction of sp³-hybridized carbons (Fsp3) is 0.316. The average Bonchev–Trinajstić information content (AvgIpc) is 3.32. The molecule has 1 aromatic carbocycles. The van der Waals surface area contributed by atoms with Crippen molar-refractivity contribution < 1.29 is 9.59 Å². The van der Waals surface area contributed by atoms with Gasteiger partial charge in [0.05, 0.1) is 5.92 Å². The highest BCUT2D eigenvalue weighted by Crippen LogP contribution is 2.26. The number of amides is 2. The minimum atomic E-state index is -0.372. The molecule has 1 unspecified atom stereocenters. The molecule has 10 heteroatoms. The molecular weight excluding hydrogens is 394 g/mol. The molecule has 1 saturated heterocycles. The van der Waals surface area contributed by atoms with Crippen molar-refractivity contribution in [3.05, 3.63) is 47.4 Å². The van der Waals surface area contributed by atoms with E-state index in [2.05, 4.69) is 25.7 Å². The van der Waals surface area contributed by atoms with Crippen LogP contribution in [0.25, 0.3) is 5.78 Å². The van der Waals surface area contributed by atoms with Gasteiger partial charge in [0.2, 0.25) is 11.8 Å². The Morgan fingerprint density at radius 2 is 2.07 bits per heavy atom. The number of carbonyl (C=O) groups excluding carboxylic acids is 2. The van der Waals surface area contributed by atoms with Crippen LogP contribution in [-0.4, -0.2) is 51.0 Å². The number of fused-ring (bicyclic) bond motifs is 1. The fourth-order valence-corrected chi connectivity index (χ4v) is 3.46. The standard InChI is InChI=1S/C19H20ClN7O2/c1-12-8-16(27-19(25-12)23-11-24-27)21-6-7-22-18(29)13-9-17(28)26(10-13)15-4-2-14(20)3-5-15/h2-5,8,11,13,21H,6-7,9-10H2,1H3,(H,22,29). The van der Waals surface area contributed by atoms with E-state index >= 15 is 0 Å². The van der Waals surface area contributed by atoms with E-state index in [9.17, 15) is 9.59 Å². The van der Waals surface area contributed by atoms with E-state index in [1.165, 1.54) is 6.33 Å². The van der Waals surface area contributed by atoms with Gasteiger partial charge in [-0.1, -0.05) is 11.6 Å². The SMILES string of the molecule is Cc1cc(NCCNC(=O)C2CC(=O)N(c3ccc(Cl)cc3)C2)n2ncnc2n1. The molecule has 0 bridgehead atoms. The number of halogens is 1. The van der Waals surface area contributed by atoms with Crippen molar-refractivity contribution in [3.8, 4) is 0 Å². The second-order valence-electron chi connectivity index (χ2n) is 6.85. The van der Waals surface area contributed by atoms with Crippen LogP contribution < -0.4 is 15.5 Å². The van der Waals surface area contributed by atoms with Gasteiger partial charge in [-0.15, -0.1) is 0 Å². The van der Waals surface area contributed by atoms with Crippen LogP contribution in [0.2, 0.25) is 5.02 Å². The lowest BCUT2D eigenvalue weighted by Gasteiger charge is -2.17. The van der Waals surface area contributed by atoms with Crippen molar-refractivity contribution in [2.75, 3.05) is 29.9 Å². The van der Waals surface area contributed by atoms with Crippen molar-refractivity contribution in [1.82, 2.24) is 24.9 Å². The first-order chi connectivity index (χ1) is 14.0. The summed E-state index contributed by atoms with van der Waals surface area (Å²) in [6, 6.07) is 8.90. The summed E-state index contributed by atoms with van der Waals surface area (Å²) in [6.45, 7) is 3.17. The lowest BCUT2D eigenvalue weighted by Crippen LogP contribution is -2.35. The molecule has 0 radical (unpaired) electrons. The molecular formula is C19H20ClN7O2. The van der Waals surface area contributed by atoms with E-state index < -0.39 is 0 Å². The quantitative estimate of drug-likeness (QED) is 0.595. The summed E-state index contributed by atoms with van der Waals surface area (Å²) in [6.07, 6.45) is 1.64. The molecule has 150 valence electrons. The van der Waals surface area contributed by atoms with Crippen LogP contribution in [-0.2, 0) is 9.59 Å². The van der Waals surface area contributed by atoms with Crippen LogP contribution in [0, 0.1) is 12.8 Å². The van der Waals surface area contributed by atoms with Crippen LogP contribution in [0.15, 0.2) is 36.7 Å². The normalized spacial score (nSPS) is 16.4. The Morgan fingerprint density at radius 3 is 2.86 bits per heavy atom. The molecule has 2 amide bonds. The van der Waals surface area contributed by atoms with Gasteiger partial charge in [0, 0.05) is 48.5 Å². The monoisotopic (exact) mass is 413 g/mol. The Bertz CT molecular complexity index is 1050. The molecule has 1 aliphatic heterocycles. The maximum absolute atomic E-state index is 12.5. The van der Waals surface area contributed by atoms with Crippen molar-refractivity contribution in [1.29, 1.82) is 0 Å². The molecule has 2 N–H and O–H groups in total. The van der Waals surface area contributed by atoms with Crippen LogP contribution in [0.5, 0.6) is 0 Å². The van der Waals surface area contributed by atoms with E-state index in [-0.39, 0.29) is 24.2 Å². The molecule has 2 aromatic heterocycles. The van der Waals surface area contributed by atoms with Gasteiger partial charge in [-0.3, -0.25) is 9.59 Å². The number of benzene rings is 1. The molecule has 1 fully saturated rings. The van der Waals surface area contributed by atoms with Gasteiger partial charge < -0.3 is 15.5 Å². The molecule has 9 nitrogen and oxygen atoms in total. The molecule has 1 atom stereocenters. The van der Waals surface area contributed by atoms with Gasteiger partial charge >= 0.3 is 0 Å². The first kappa shape index (κ1) is 19.1. The first-order valence-electron chi connectivity index (χ1n) is 9.26. The zero-order chi connectivity index (χ0) is 20.4. The van der Waals surface area contributed by atoms with E-state index in [1.54, 1.807) is 33.7 Å². The van der Waals surface area contributed by atoms with Gasteiger partial charge in [-0.25, -0.2) is 4.98 Å². The maximum Gasteiger partial charge on any atom is 0.254 e. The summed E-state index contributed by atoms with van der Waals surface area (Å²) < 4.78 is 1.61. The molecule has 29 heavy (non-hydrogen) atoms. The van der Waals surface area contributed by atoms with Gasteiger partial charge in [0.1, 0.15) is 12.1 Å². The molecule has 4 rings (SSSR count). The summed E-state index contributed by atoms with van der Waals surface area (Å²) in [5.74, 6) is 0.704. The minimum absolute atomic E-state index is 0.0635. The summed E-state index contributed by atoms with van der Waals surface area (Å²) in [4.78, 5) is 34.8.